The van der Waals surface area contributed by atoms with Crippen LogP contribution in [0.25, 0.3) is 0 Å². The second kappa shape index (κ2) is 10.3. The highest BCUT2D eigenvalue weighted by molar-refractivity contribution is 7.19. The fourth-order valence-electron chi connectivity index (χ4n) is 2.36. The molecule has 1 aromatic carbocycles. The first-order chi connectivity index (χ1) is 14.2. The van der Waals surface area contributed by atoms with Gasteiger partial charge in [0.2, 0.25) is 0 Å². The Morgan fingerprint density at radius 3 is 2.50 bits per heavy atom. The molecule has 1 aromatic heterocycles. The van der Waals surface area contributed by atoms with Crippen LogP contribution in [0.3, 0.4) is 0 Å². The van der Waals surface area contributed by atoms with E-state index in [0.29, 0.717) is 35.7 Å². The van der Waals surface area contributed by atoms with Crippen LogP contribution in [0.15, 0.2) is 52.7 Å². The van der Waals surface area contributed by atoms with Crippen molar-refractivity contribution in [2.75, 3.05) is 24.6 Å². The molecule has 0 amide bonds. The summed E-state index contributed by atoms with van der Waals surface area (Å²) in [7, 11) is 0. The van der Waals surface area contributed by atoms with E-state index in [1.807, 2.05) is 11.8 Å². The van der Waals surface area contributed by atoms with Gasteiger partial charge in [-0.25, -0.2) is 9.59 Å². The molecule has 0 atom stereocenters. The Labute approximate surface area is 176 Å². The minimum atomic E-state index is -1.31. The van der Waals surface area contributed by atoms with Gasteiger partial charge in [-0.1, -0.05) is 6.58 Å². The van der Waals surface area contributed by atoms with E-state index < -0.39 is 16.9 Å². The number of hydrogen-bond acceptors (Lipinski definition) is 9. The number of thiophene rings is 1. The van der Waals surface area contributed by atoms with Crippen molar-refractivity contribution in [3.63, 3.8) is 0 Å². The summed E-state index contributed by atoms with van der Waals surface area (Å²) in [5, 5.41) is 27.5. The Kier molecular flexibility index (Phi) is 7.76. The monoisotopic (exact) mass is 432 g/mol. The van der Waals surface area contributed by atoms with Crippen molar-refractivity contribution in [1.82, 2.24) is 0 Å². The van der Waals surface area contributed by atoms with Gasteiger partial charge in [0.05, 0.1) is 17.2 Å². The number of carboxylic acid groups (broad SMARTS) is 1. The molecule has 30 heavy (non-hydrogen) atoms. The number of aromatic carboxylic acids is 1. The molecule has 0 unspecified atom stereocenters. The molecule has 0 saturated heterocycles. The second-order valence-electron chi connectivity index (χ2n) is 6.08. The third kappa shape index (κ3) is 5.95. The van der Waals surface area contributed by atoms with Crippen LogP contribution in [0.4, 0.5) is 21.4 Å². The van der Waals surface area contributed by atoms with E-state index in [1.54, 1.807) is 31.2 Å². The van der Waals surface area contributed by atoms with Crippen molar-refractivity contribution in [3.05, 3.63) is 58.2 Å². The van der Waals surface area contributed by atoms with Crippen LogP contribution in [-0.4, -0.2) is 41.7 Å². The maximum Gasteiger partial charge on any atom is 0.339 e. The zero-order valence-electron chi connectivity index (χ0n) is 16.4. The highest BCUT2D eigenvalue weighted by Crippen LogP contribution is 2.37. The number of nitro groups is 1. The fraction of sp³-hybridized carbons (Fsp3) is 0.263. The molecule has 2 rings (SSSR count). The van der Waals surface area contributed by atoms with Crippen LogP contribution >= 0.6 is 11.3 Å². The Balaban J connectivity index is 2.08. The lowest BCUT2D eigenvalue weighted by Crippen LogP contribution is -2.28. The second-order valence-corrected chi connectivity index (χ2v) is 7.09. The number of anilines is 1. The number of carbonyl (C=O) groups excluding carboxylic acids is 1. The van der Waals surface area contributed by atoms with Crippen molar-refractivity contribution in [2.24, 2.45) is 10.2 Å². The average Bonchev–Trinajstić information content (AvgIpc) is 3.15. The van der Waals surface area contributed by atoms with Gasteiger partial charge in [0, 0.05) is 23.9 Å². The number of benzene rings is 1. The van der Waals surface area contributed by atoms with Crippen LogP contribution in [0.2, 0.25) is 0 Å². The number of hydrogen-bond donors (Lipinski definition) is 1. The first kappa shape index (κ1) is 22.7. The van der Waals surface area contributed by atoms with Gasteiger partial charge in [-0.15, -0.1) is 10.2 Å². The van der Waals surface area contributed by atoms with E-state index in [-0.39, 0.29) is 22.2 Å². The summed E-state index contributed by atoms with van der Waals surface area (Å²) in [4.78, 5) is 34.9. The van der Waals surface area contributed by atoms with E-state index in [4.69, 9.17) is 9.84 Å². The number of rotatable bonds is 10. The summed E-state index contributed by atoms with van der Waals surface area (Å²) in [6, 6.07) is 7.93. The topological polar surface area (TPSA) is 135 Å². The number of azo groups is 1. The molecule has 1 N–H and O–H groups in total. The summed E-state index contributed by atoms with van der Waals surface area (Å²) < 4.78 is 5.11. The molecule has 0 bridgehead atoms. The van der Waals surface area contributed by atoms with Crippen LogP contribution < -0.4 is 4.90 Å². The largest absolute Gasteiger partial charge is 0.478 e. The zero-order chi connectivity index (χ0) is 22.3. The predicted molar refractivity (Wildman–Crippen MR) is 112 cm³/mol. The van der Waals surface area contributed by atoms with Crippen LogP contribution in [0.1, 0.15) is 24.2 Å². The summed E-state index contributed by atoms with van der Waals surface area (Å²) in [5.74, 6) is -1.74. The van der Waals surface area contributed by atoms with Crippen LogP contribution in [0, 0.1) is 10.1 Å². The van der Waals surface area contributed by atoms with E-state index in [1.165, 1.54) is 0 Å². The van der Waals surface area contributed by atoms with Gasteiger partial charge in [-0.3, -0.25) is 10.1 Å². The van der Waals surface area contributed by atoms with E-state index in [0.717, 1.165) is 11.8 Å². The van der Waals surface area contributed by atoms with Crippen LogP contribution in [-0.2, 0) is 9.53 Å². The number of likely N-dealkylation sites (N-methyl/N-ethyl adjacent to an activating group) is 1. The fourth-order valence-corrected chi connectivity index (χ4v) is 3.15. The Morgan fingerprint density at radius 2 is 1.97 bits per heavy atom. The third-order valence-electron chi connectivity index (χ3n) is 3.91. The predicted octanol–water partition coefficient (Wildman–Crippen LogP) is 4.72. The lowest BCUT2D eigenvalue weighted by molar-refractivity contribution is -0.380. The van der Waals surface area contributed by atoms with E-state index in [9.17, 15) is 19.7 Å². The molecule has 11 heteroatoms. The highest BCUT2D eigenvalue weighted by atomic mass is 32.1. The molecule has 0 fully saturated rings. The van der Waals surface area contributed by atoms with Crippen molar-refractivity contribution in [1.29, 1.82) is 0 Å². The third-order valence-corrected chi connectivity index (χ3v) is 4.88. The van der Waals surface area contributed by atoms with Crippen molar-refractivity contribution >= 4 is 44.7 Å². The molecular weight excluding hydrogens is 412 g/mol. The van der Waals surface area contributed by atoms with Gasteiger partial charge < -0.3 is 14.7 Å². The minimum absolute atomic E-state index is 0.0483. The molecule has 1 heterocycles. The quantitative estimate of drug-likeness (QED) is 0.189. The Morgan fingerprint density at radius 1 is 1.30 bits per heavy atom. The maximum absolute atomic E-state index is 11.5. The SMILES string of the molecule is C=C(C)C(=O)OCCN(CC)c1ccc(N=Nc2sc([N+](=O)[O-])cc2C(=O)O)cc1. The van der Waals surface area contributed by atoms with Crippen LogP contribution in [0.5, 0.6) is 0 Å². The minimum Gasteiger partial charge on any atom is -0.478 e. The zero-order valence-corrected chi connectivity index (χ0v) is 17.2. The van der Waals surface area contributed by atoms with E-state index >= 15 is 0 Å². The number of ether oxygens (including phenoxy) is 1. The summed E-state index contributed by atoms with van der Waals surface area (Å²) in [6.07, 6.45) is 0. The van der Waals surface area contributed by atoms with Gasteiger partial charge in [-0.05, 0) is 49.4 Å². The lowest BCUT2D eigenvalue weighted by atomic mass is 10.2. The molecule has 0 aliphatic carbocycles. The first-order valence-electron chi connectivity index (χ1n) is 8.83. The lowest BCUT2D eigenvalue weighted by Gasteiger charge is -2.22. The molecule has 10 nitrogen and oxygen atoms in total. The number of nitrogens with zero attached hydrogens (tertiary/aromatic N) is 4. The van der Waals surface area contributed by atoms with E-state index in [2.05, 4.69) is 16.8 Å². The highest BCUT2D eigenvalue weighted by Gasteiger charge is 2.21. The molecule has 2 aromatic rings. The van der Waals surface area contributed by atoms with Gasteiger partial charge in [0.25, 0.3) is 0 Å². The standard InChI is InChI=1S/C19H20N4O6S/c1-4-22(9-10-29-19(26)12(2)3)14-7-5-13(6-8-14)20-21-17-15(18(24)25)11-16(30-17)23(27)28/h5-8,11H,2,4,9-10H2,1,3H3,(H,24,25). The molecule has 0 aliphatic heterocycles. The molecule has 0 spiro atoms. The molecule has 0 saturated carbocycles. The summed E-state index contributed by atoms with van der Waals surface area (Å²) in [6.45, 7) is 8.48. The summed E-state index contributed by atoms with van der Waals surface area (Å²) >= 11 is 0.644. The van der Waals surface area contributed by atoms with Gasteiger partial charge >= 0.3 is 16.9 Å². The maximum atomic E-state index is 11.5. The molecule has 158 valence electrons. The molecular formula is C19H20N4O6S. The van der Waals surface area contributed by atoms with Crippen molar-refractivity contribution < 1.29 is 24.4 Å². The van der Waals surface area contributed by atoms with Crippen molar-refractivity contribution in [3.8, 4) is 0 Å². The van der Waals surface area contributed by atoms with Crippen molar-refractivity contribution in [2.45, 2.75) is 13.8 Å². The number of carbonyl (C=O) groups is 2. The van der Waals surface area contributed by atoms with Gasteiger partial charge in [0.15, 0.2) is 5.00 Å². The number of esters is 1. The number of carboxylic acids is 1. The summed E-state index contributed by atoms with van der Waals surface area (Å²) in [5.41, 5.74) is 1.40. The van der Waals surface area contributed by atoms with Gasteiger partial charge in [0.1, 0.15) is 12.2 Å². The molecule has 0 radical (unpaired) electrons. The average molecular weight is 432 g/mol. The smallest absolute Gasteiger partial charge is 0.339 e. The first-order valence-corrected chi connectivity index (χ1v) is 9.65. The Bertz CT molecular complexity index is 983. The van der Waals surface area contributed by atoms with Gasteiger partial charge in [-0.2, -0.15) is 0 Å². The normalized spacial score (nSPS) is 10.7. The molecule has 0 aliphatic rings. The Hall–Kier alpha value is -3.60.